The number of aromatic hydroxyl groups is 1. The van der Waals surface area contributed by atoms with Gasteiger partial charge >= 0.3 is 5.97 Å². The van der Waals surface area contributed by atoms with Crippen LogP contribution in [-0.4, -0.2) is 24.8 Å². The van der Waals surface area contributed by atoms with Crippen LogP contribution >= 0.6 is 0 Å². The van der Waals surface area contributed by atoms with Crippen molar-refractivity contribution in [2.45, 2.75) is 0 Å². The van der Waals surface area contributed by atoms with E-state index in [0.29, 0.717) is 11.3 Å². The number of carbonyl (C=O) groups is 1. The van der Waals surface area contributed by atoms with Crippen molar-refractivity contribution in [3.63, 3.8) is 0 Å². The van der Waals surface area contributed by atoms with Crippen LogP contribution in [0.4, 0.5) is 0 Å². The zero-order valence-corrected chi connectivity index (χ0v) is 10.4. The fraction of sp³-hybridized carbons (Fsp3) is 0.143. The SMILES string of the molecule is C=CCOC(=O)C(C#N)=Cc1ccc(OC)c(O)c1. The summed E-state index contributed by atoms with van der Waals surface area (Å²) in [4.78, 5) is 11.5. The number of benzene rings is 1. The molecule has 0 aliphatic carbocycles. The first-order chi connectivity index (χ1) is 9.12. The molecule has 5 nitrogen and oxygen atoms in total. The van der Waals surface area contributed by atoms with Crippen LogP contribution in [0.3, 0.4) is 0 Å². The molecule has 0 bridgehead atoms. The number of phenols is 1. The lowest BCUT2D eigenvalue weighted by Gasteiger charge is -2.04. The highest BCUT2D eigenvalue weighted by Crippen LogP contribution is 2.27. The fourth-order valence-corrected chi connectivity index (χ4v) is 1.31. The molecule has 1 aromatic rings. The van der Waals surface area contributed by atoms with Gasteiger partial charge in [0.15, 0.2) is 11.5 Å². The number of phenolic OH excluding ortho intramolecular Hbond substituents is 1. The molecule has 0 radical (unpaired) electrons. The highest BCUT2D eigenvalue weighted by Gasteiger charge is 2.10. The molecule has 0 fully saturated rings. The van der Waals surface area contributed by atoms with E-state index in [-0.39, 0.29) is 17.9 Å². The number of methoxy groups -OCH3 is 1. The van der Waals surface area contributed by atoms with Crippen LogP contribution in [0.15, 0.2) is 36.4 Å². The smallest absolute Gasteiger partial charge is 0.349 e. The first-order valence-corrected chi connectivity index (χ1v) is 5.39. The van der Waals surface area contributed by atoms with Crippen molar-refractivity contribution in [3.8, 4) is 17.6 Å². The van der Waals surface area contributed by atoms with Gasteiger partial charge in [-0.1, -0.05) is 18.7 Å². The van der Waals surface area contributed by atoms with Crippen LogP contribution in [-0.2, 0) is 9.53 Å². The van der Waals surface area contributed by atoms with E-state index in [1.54, 1.807) is 12.1 Å². The van der Waals surface area contributed by atoms with Gasteiger partial charge in [-0.05, 0) is 23.8 Å². The Labute approximate surface area is 111 Å². The number of ether oxygens (including phenoxy) is 2. The van der Waals surface area contributed by atoms with Crippen molar-refractivity contribution in [3.05, 3.63) is 42.0 Å². The number of esters is 1. The molecule has 0 amide bonds. The predicted molar refractivity (Wildman–Crippen MR) is 69.4 cm³/mol. The van der Waals surface area contributed by atoms with E-state index >= 15 is 0 Å². The van der Waals surface area contributed by atoms with Crippen LogP contribution < -0.4 is 4.74 Å². The zero-order chi connectivity index (χ0) is 14.3. The quantitative estimate of drug-likeness (QED) is 0.379. The predicted octanol–water partition coefficient (Wildman–Crippen LogP) is 2.04. The maximum absolute atomic E-state index is 11.5. The third kappa shape index (κ3) is 3.89. The van der Waals surface area contributed by atoms with E-state index in [0.717, 1.165) is 0 Å². The molecule has 0 saturated heterocycles. The van der Waals surface area contributed by atoms with E-state index in [4.69, 9.17) is 14.7 Å². The molecule has 0 saturated carbocycles. The normalized spacial score (nSPS) is 10.4. The third-order valence-electron chi connectivity index (χ3n) is 2.19. The van der Waals surface area contributed by atoms with Gasteiger partial charge in [-0.2, -0.15) is 5.26 Å². The molecule has 0 heterocycles. The summed E-state index contributed by atoms with van der Waals surface area (Å²) < 4.78 is 9.65. The Morgan fingerprint density at radius 2 is 2.32 bits per heavy atom. The van der Waals surface area contributed by atoms with Crippen molar-refractivity contribution in [1.82, 2.24) is 0 Å². The fourth-order valence-electron chi connectivity index (χ4n) is 1.31. The molecule has 0 aromatic heterocycles. The zero-order valence-electron chi connectivity index (χ0n) is 10.4. The Balaban J connectivity index is 2.98. The van der Waals surface area contributed by atoms with Crippen LogP contribution in [0.5, 0.6) is 11.5 Å². The maximum atomic E-state index is 11.5. The Bertz CT molecular complexity index is 555. The highest BCUT2D eigenvalue weighted by atomic mass is 16.5. The Morgan fingerprint density at radius 1 is 1.58 bits per heavy atom. The molecule has 1 N–H and O–H groups in total. The summed E-state index contributed by atoms with van der Waals surface area (Å²) in [6.07, 6.45) is 2.73. The van der Waals surface area contributed by atoms with Crippen molar-refractivity contribution in [2.75, 3.05) is 13.7 Å². The minimum absolute atomic E-state index is 0.0334. The third-order valence-corrected chi connectivity index (χ3v) is 2.19. The van der Waals surface area contributed by atoms with Gasteiger partial charge in [0.2, 0.25) is 0 Å². The lowest BCUT2D eigenvalue weighted by molar-refractivity contribution is -0.137. The average molecular weight is 259 g/mol. The second kappa shape index (κ2) is 6.87. The Kier molecular flexibility index (Phi) is 5.17. The highest BCUT2D eigenvalue weighted by molar-refractivity contribution is 5.98. The van der Waals surface area contributed by atoms with Gasteiger partial charge in [0.05, 0.1) is 7.11 Å². The number of nitriles is 1. The molecule has 1 rings (SSSR count). The van der Waals surface area contributed by atoms with Crippen LogP contribution in [0.2, 0.25) is 0 Å². The van der Waals surface area contributed by atoms with E-state index < -0.39 is 5.97 Å². The van der Waals surface area contributed by atoms with Gasteiger partial charge in [-0.25, -0.2) is 4.79 Å². The Morgan fingerprint density at radius 3 is 2.84 bits per heavy atom. The van der Waals surface area contributed by atoms with Crippen molar-refractivity contribution < 1.29 is 19.4 Å². The van der Waals surface area contributed by atoms with E-state index in [1.165, 1.54) is 31.4 Å². The first kappa shape index (κ1) is 14.3. The van der Waals surface area contributed by atoms with Crippen LogP contribution in [0, 0.1) is 11.3 Å². The topological polar surface area (TPSA) is 79.6 Å². The first-order valence-electron chi connectivity index (χ1n) is 5.39. The lowest BCUT2D eigenvalue weighted by Crippen LogP contribution is -2.06. The summed E-state index contributed by atoms with van der Waals surface area (Å²) in [5, 5.41) is 18.5. The van der Waals surface area contributed by atoms with Crippen molar-refractivity contribution in [2.24, 2.45) is 0 Å². The number of nitrogens with zero attached hydrogens (tertiary/aromatic N) is 1. The molecule has 5 heteroatoms. The molecular formula is C14H13NO4. The summed E-state index contributed by atoms with van der Waals surface area (Å²) in [6, 6.07) is 6.27. The largest absolute Gasteiger partial charge is 0.504 e. The minimum atomic E-state index is -0.738. The van der Waals surface area contributed by atoms with Gasteiger partial charge in [0, 0.05) is 0 Å². The molecule has 0 spiro atoms. The lowest BCUT2D eigenvalue weighted by atomic mass is 10.1. The molecule has 0 aliphatic heterocycles. The van der Waals surface area contributed by atoms with Crippen LogP contribution in [0.25, 0.3) is 6.08 Å². The number of hydrogen-bond acceptors (Lipinski definition) is 5. The van der Waals surface area contributed by atoms with Gasteiger partial charge in [0.25, 0.3) is 0 Å². The molecule has 19 heavy (non-hydrogen) atoms. The maximum Gasteiger partial charge on any atom is 0.349 e. The summed E-state index contributed by atoms with van der Waals surface area (Å²) in [5.41, 5.74) is 0.330. The van der Waals surface area contributed by atoms with Gasteiger partial charge in [-0.3, -0.25) is 0 Å². The summed E-state index contributed by atoms with van der Waals surface area (Å²) >= 11 is 0. The summed E-state index contributed by atoms with van der Waals surface area (Å²) in [7, 11) is 1.43. The summed E-state index contributed by atoms with van der Waals surface area (Å²) in [5.74, 6) is -0.504. The Hall–Kier alpha value is -2.74. The molecule has 98 valence electrons. The van der Waals surface area contributed by atoms with Gasteiger partial charge < -0.3 is 14.6 Å². The van der Waals surface area contributed by atoms with Gasteiger partial charge in [0.1, 0.15) is 18.2 Å². The number of hydrogen-bond donors (Lipinski definition) is 1. The minimum Gasteiger partial charge on any atom is -0.504 e. The van der Waals surface area contributed by atoms with Crippen LogP contribution in [0.1, 0.15) is 5.56 Å². The molecule has 0 aliphatic rings. The molecule has 0 unspecified atom stereocenters. The van der Waals surface area contributed by atoms with Crippen molar-refractivity contribution in [1.29, 1.82) is 5.26 Å². The van der Waals surface area contributed by atoms with E-state index in [2.05, 4.69) is 6.58 Å². The van der Waals surface area contributed by atoms with E-state index in [1.807, 2.05) is 0 Å². The molecule has 1 aromatic carbocycles. The second-order valence-electron chi connectivity index (χ2n) is 3.49. The monoisotopic (exact) mass is 259 g/mol. The van der Waals surface area contributed by atoms with Gasteiger partial charge in [-0.15, -0.1) is 0 Å². The standard InChI is InChI=1S/C14H13NO4/c1-3-6-19-14(17)11(9-15)7-10-4-5-13(18-2)12(16)8-10/h3-5,7-8,16H,1,6H2,2H3. The number of carbonyl (C=O) groups excluding carboxylic acids is 1. The molecular weight excluding hydrogens is 246 g/mol. The van der Waals surface area contributed by atoms with Crippen molar-refractivity contribution >= 4 is 12.0 Å². The summed E-state index contributed by atoms with van der Waals surface area (Å²) in [6.45, 7) is 3.44. The van der Waals surface area contributed by atoms with E-state index in [9.17, 15) is 9.90 Å². The molecule has 0 atom stereocenters. The average Bonchev–Trinajstić information content (AvgIpc) is 2.42. The number of rotatable bonds is 5. The second-order valence-corrected chi connectivity index (χ2v) is 3.49.